The number of aryl methyl sites for hydroxylation is 1. The van der Waals surface area contributed by atoms with Crippen molar-refractivity contribution in [1.29, 1.82) is 0 Å². The molecule has 0 aliphatic rings. The number of hydrogen-bond acceptors (Lipinski definition) is 3. The van der Waals surface area contributed by atoms with Crippen molar-refractivity contribution in [3.8, 4) is 0 Å². The SMILES string of the molecule is Cc1nc(Cc2c(Cl)cccc2Cl)ncc1[C@H](C)N. The number of benzene rings is 1. The van der Waals surface area contributed by atoms with Crippen molar-refractivity contribution >= 4 is 23.2 Å². The van der Waals surface area contributed by atoms with Gasteiger partial charge in [0, 0.05) is 40.0 Å². The van der Waals surface area contributed by atoms with Crippen LogP contribution in [0.3, 0.4) is 0 Å². The predicted molar refractivity (Wildman–Crippen MR) is 78.6 cm³/mol. The minimum absolute atomic E-state index is 0.0713. The van der Waals surface area contributed by atoms with Crippen molar-refractivity contribution < 1.29 is 0 Å². The van der Waals surface area contributed by atoms with Crippen LogP contribution in [-0.2, 0) is 6.42 Å². The van der Waals surface area contributed by atoms with E-state index in [4.69, 9.17) is 28.9 Å². The second-order valence-electron chi connectivity index (χ2n) is 4.49. The molecular formula is C14H15Cl2N3. The Labute approximate surface area is 122 Å². The Morgan fingerprint density at radius 3 is 2.42 bits per heavy atom. The van der Waals surface area contributed by atoms with Gasteiger partial charge in [0.05, 0.1) is 0 Å². The van der Waals surface area contributed by atoms with Crippen LogP contribution in [0.2, 0.25) is 10.0 Å². The highest BCUT2D eigenvalue weighted by atomic mass is 35.5. The van der Waals surface area contributed by atoms with Crippen LogP contribution in [0.25, 0.3) is 0 Å². The Bertz CT molecular complexity index is 577. The van der Waals surface area contributed by atoms with E-state index in [0.29, 0.717) is 22.3 Å². The molecule has 0 bridgehead atoms. The standard InChI is InChI=1S/C14H15Cl2N3/c1-8(17)11-7-18-14(19-9(11)2)6-10-12(15)4-3-5-13(10)16/h3-5,7-8H,6,17H2,1-2H3/t8-/m0/s1. The molecule has 0 saturated carbocycles. The summed E-state index contributed by atoms with van der Waals surface area (Å²) in [6, 6.07) is 5.37. The van der Waals surface area contributed by atoms with Crippen LogP contribution >= 0.6 is 23.2 Å². The van der Waals surface area contributed by atoms with Crippen molar-refractivity contribution in [1.82, 2.24) is 9.97 Å². The highest BCUT2D eigenvalue weighted by Gasteiger charge is 2.11. The number of nitrogens with two attached hydrogens (primary N) is 1. The summed E-state index contributed by atoms with van der Waals surface area (Å²) in [5.41, 5.74) is 8.53. The quantitative estimate of drug-likeness (QED) is 0.939. The summed E-state index contributed by atoms with van der Waals surface area (Å²) in [5, 5.41) is 1.26. The number of nitrogens with zero attached hydrogens (tertiary/aromatic N) is 2. The molecule has 0 aliphatic carbocycles. The van der Waals surface area contributed by atoms with Crippen LogP contribution in [0.5, 0.6) is 0 Å². The van der Waals surface area contributed by atoms with Crippen molar-refractivity contribution in [2.45, 2.75) is 26.3 Å². The molecule has 0 amide bonds. The Morgan fingerprint density at radius 2 is 1.89 bits per heavy atom. The number of hydrogen-bond donors (Lipinski definition) is 1. The largest absolute Gasteiger partial charge is 0.324 e. The zero-order valence-electron chi connectivity index (χ0n) is 10.8. The zero-order chi connectivity index (χ0) is 14.0. The first-order valence-corrected chi connectivity index (χ1v) is 6.75. The van der Waals surface area contributed by atoms with E-state index in [2.05, 4.69) is 9.97 Å². The van der Waals surface area contributed by atoms with Crippen molar-refractivity contribution in [3.05, 3.63) is 57.1 Å². The molecule has 1 aromatic heterocycles. The molecule has 1 heterocycles. The summed E-state index contributed by atoms with van der Waals surface area (Å²) in [4.78, 5) is 8.79. The second-order valence-corrected chi connectivity index (χ2v) is 5.31. The fourth-order valence-electron chi connectivity index (χ4n) is 1.92. The molecule has 0 aliphatic heterocycles. The molecule has 2 aromatic rings. The molecule has 1 aromatic carbocycles. The molecule has 5 heteroatoms. The Kier molecular flexibility index (Phi) is 4.40. The maximum absolute atomic E-state index is 6.14. The van der Waals surface area contributed by atoms with Crippen LogP contribution < -0.4 is 5.73 Å². The van der Waals surface area contributed by atoms with Crippen LogP contribution in [0.15, 0.2) is 24.4 Å². The van der Waals surface area contributed by atoms with Gasteiger partial charge < -0.3 is 5.73 Å². The van der Waals surface area contributed by atoms with Crippen LogP contribution in [0.1, 0.15) is 35.6 Å². The zero-order valence-corrected chi connectivity index (χ0v) is 12.3. The van der Waals surface area contributed by atoms with Crippen LogP contribution in [0.4, 0.5) is 0 Å². The van der Waals surface area contributed by atoms with Gasteiger partial charge in [0.1, 0.15) is 5.82 Å². The lowest BCUT2D eigenvalue weighted by Gasteiger charge is -2.11. The average Bonchev–Trinajstić information content (AvgIpc) is 2.33. The Hall–Kier alpha value is -1.16. The maximum atomic E-state index is 6.14. The third-order valence-electron chi connectivity index (χ3n) is 2.95. The lowest BCUT2D eigenvalue weighted by Crippen LogP contribution is -2.10. The van der Waals surface area contributed by atoms with Crippen LogP contribution in [0, 0.1) is 6.92 Å². The fraction of sp³-hybridized carbons (Fsp3) is 0.286. The molecule has 3 nitrogen and oxygen atoms in total. The van der Waals surface area contributed by atoms with Crippen molar-refractivity contribution in [2.75, 3.05) is 0 Å². The predicted octanol–water partition coefficient (Wildman–Crippen LogP) is 3.70. The molecule has 0 spiro atoms. The Morgan fingerprint density at radius 1 is 1.26 bits per heavy atom. The summed E-state index contributed by atoms with van der Waals surface area (Å²) in [5.74, 6) is 0.692. The van der Waals surface area contributed by atoms with Gasteiger partial charge in [0.25, 0.3) is 0 Å². The van der Waals surface area contributed by atoms with E-state index in [-0.39, 0.29) is 6.04 Å². The summed E-state index contributed by atoms with van der Waals surface area (Å²) in [7, 11) is 0. The molecule has 0 unspecified atom stereocenters. The van der Waals surface area contributed by atoms with Gasteiger partial charge in [-0.25, -0.2) is 9.97 Å². The summed E-state index contributed by atoms with van der Waals surface area (Å²) < 4.78 is 0. The van der Waals surface area contributed by atoms with Gasteiger partial charge in [-0.2, -0.15) is 0 Å². The van der Waals surface area contributed by atoms with E-state index in [1.807, 2.05) is 32.0 Å². The van der Waals surface area contributed by atoms with Gasteiger partial charge >= 0.3 is 0 Å². The smallest absolute Gasteiger partial charge is 0.133 e. The number of aromatic nitrogens is 2. The van der Waals surface area contributed by atoms with Gasteiger partial charge in [-0.05, 0) is 31.5 Å². The summed E-state index contributed by atoms with van der Waals surface area (Å²) in [6.45, 7) is 3.84. The van der Waals surface area contributed by atoms with E-state index in [1.54, 1.807) is 6.20 Å². The third kappa shape index (κ3) is 3.24. The van der Waals surface area contributed by atoms with E-state index in [0.717, 1.165) is 16.8 Å². The molecule has 1 atom stereocenters. The van der Waals surface area contributed by atoms with Gasteiger partial charge in [-0.3, -0.25) is 0 Å². The van der Waals surface area contributed by atoms with Gasteiger partial charge in [-0.1, -0.05) is 29.3 Å². The van der Waals surface area contributed by atoms with Crippen molar-refractivity contribution in [3.63, 3.8) is 0 Å². The van der Waals surface area contributed by atoms with E-state index in [1.165, 1.54) is 0 Å². The molecule has 100 valence electrons. The van der Waals surface area contributed by atoms with Gasteiger partial charge in [0.15, 0.2) is 0 Å². The van der Waals surface area contributed by atoms with Gasteiger partial charge in [0.2, 0.25) is 0 Å². The second kappa shape index (κ2) is 5.87. The Balaban J connectivity index is 2.32. The molecule has 0 radical (unpaired) electrons. The first-order valence-electron chi connectivity index (χ1n) is 6.00. The lowest BCUT2D eigenvalue weighted by molar-refractivity contribution is 0.777. The number of halogens is 2. The summed E-state index contributed by atoms with van der Waals surface area (Å²) in [6.07, 6.45) is 2.28. The lowest BCUT2D eigenvalue weighted by atomic mass is 10.1. The van der Waals surface area contributed by atoms with Crippen LogP contribution in [-0.4, -0.2) is 9.97 Å². The molecule has 0 saturated heterocycles. The fourth-order valence-corrected chi connectivity index (χ4v) is 2.45. The van der Waals surface area contributed by atoms with Gasteiger partial charge in [-0.15, -0.1) is 0 Å². The monoisotopic (exact) mass is 295 g/mol. The molecule has 2 rings (SSSR count). The molecule has 19 heavy (non-hydrogen) atoms. The number of rotatable bonds is 3. The van der Waals surface area contributed by atoms with E-state index in [9.17, 15) is 0 Å². The highest BCUT2D eigenvalue weighted by Crippen LogP contribution is 2.26. The molecule has 0 fully saturated rings. The average molecular weight is 296 g/mol. The van der Waals surface area contributed by atoms with Crippen molar-refractivity contribution in [2.24, 2.45) is 5.73 Å². The minimum atomic E-state index is -0.0713. The third-order valence-corrected chi connectivity index (χ3v) is 3.66. The topological polar surface area (TPSA) is 51.8 Å². The first-order chi connectivity index (χ1) is 8.99. The van der Waals surface area contributed by atoms with E-state index < -0.39 is 0 Å². The first kappa shape index (κ1) is 14.3. The summed E-state index contributed by atoms with van der Waals surface area (Å²) >= 11 is 12.3. The minimum Gasteiger partial charge on any atom is -0.324 e. The highest BCUT2D eigenvalue weighted by molar-refractivity contribution is 6.36. The molecule has 2 N–H and O–H groups in total. The normalized spacial score (nSPS) is 12.5. The maximum Gasteiger partial charge on any atom is 0.133 e. The van der Waals surface area contributed by atoms with E-state index >= 15 is 0 Å². The molecular weight excluding hydrogens is 281 g/mol.